The summed E-state index contributed by atoms with van der Waals surface area (Å²) in [4.78, 5) is 4.09. The molecule has 3 N–H and O–H groups in total. The molecule has 0 bridgehead atoms. The average Bonchev–Trinajstić information content (AvgIpc) is 3.08. The first-order valence-corrected chi connectivity index (χ1v) is 10.2. The summed E-state index contributed by atoms with van der Waals surface area (Å²) >= 11 is 0. The lowest BCUT2D eigenvalue weighted by Gasteiger charge is -2.41. The number of hydrogen-bond donors (Lipinski definition) is 2. The quantitative estimate of drug-likeness (QED) is 0.471. The fraction of sp³-hybridized carbons (Fsp3) is 0.208. The Balaban J connectivity index is 1.67. The van der Waals surface area contributed by atoms with Crippen molar-refractivity contribution in [3.05, 3.63) is 65.5 Å². The molecule has 166 valence electrons. The zero-order chi connectivity index (χ0) is 23.5. The second kappa shape index (κ2) is 7.32. The van der Waals surface area contributed by atoms with E-state index in [9.17, 15) is 19.1 Å². The van der Waals surface area contributed by atoms with Crippen LogP contribution in [0.1, 0.15) is 31.4 Å². The van der Waals surface area contributed by atoms with Gasteiger partial charge in [-0.15, -0.1) is 0 Å². The summed E-state index contributed by atoms with van der Waals surface area (Å²) in [6, 6.07) is 11.2. The van der Waals surface area contributed by atoms with Crippen molar-refractivity contribution in [1.82, 2.24) is 14.8 Å². The Kier molecular flexibility index (Phi) is 4.65. The number of nitriles is 1. The Morgan fingerprint density at radius 1 is 1.09 bits per heavy atom. The Morgan fingerprint density at radius 3 is 2.48 bits per heavy atom. The molecular weight excluding hydrogens is 431 g/mol. The summed E-state index contributed by atoms with van der Waals surface area (Å²) < 4.78 is 46.0. The van der Waals surface area contributed by atoms with E-state index < -0.39 is 23.1 Å². The second-order valence-electron chi connectivity index (χ2n) is 8.52. The Labute approximate surface area is 186 Å². The first-order chi connectivity index (χ1) is 15.7. The standard InChI is InChI=1S/C24H18F3N5O/c1-24(33)9-13(10-24)32-23(29)16(11-28)21(31-32)15-7-6-12-8-18(26)22(30-20(12)19(15)27)14-4-2-3-5-17(14)25/h2-8,13,33H,9-10,29H2,1H3/t13-,24+. The van der Waals surface area contributed by atoms with E-state index in [0.717, 1.165) is 6.07 Å². The molecule has 1 fully saturated rings. The van der Waals surface area contributed by atoms with Crippen molar-refractivity contribution in [2.45, 2.75) is 31.4 Å². The molecule has 2 aromatic heterocycles. The van der Waals surface area contributed by atoms with E-state index in [1.165, 1.54) is 41.1 Å². The molecule has 0 saturated heterocycles. The molecule has 0 spiro atoms. The number of pyridine rings is 1. The van der Waals surface area contributed by atoms with Crippen LogP contribution in [0.5, 0.6) is 0 Å². The first-order valence-electron chi connectivity index (χ1n) is 10.2. The number of fused-ring (bicyclic) bond motifs is 1. The summed E-state index contributed by atoms with van der Waals surface area (Å²) in [6.45, 7) is 1.69. The van der Waals surface area contributed by atoms with Crippen molar-refractivity contribution in [2.24, 2.45) is 0 Å². The number of rotatable bonds is 3. The minimum Gasteiger partial charge on any atom is -0.390 e. The highest BCUT2D eigenvalue weighted by atomic mass is 19.1. The topological polar surface area (TPSA) is 101 Å². The zero-order valence-electron chi connectivity index (χ0n) is 17.5. The summed E-state index contributed by atoms with van der Waals surface area (Å²) in [5.41, 5.74) is 4.66. The van der Waals surface area contributed by atoms with E-state index in [2.05, 4.69) is 10.1 Å². The van der Waals surface area contributed by atoms with Gasteiger partial charge in [-0.3, -0.25) is 0 Å². The first kappa shape index (κ1) is 21.0. The molecule has 6 nitrogen and oxygen atoms in total. The van der Waals surface area contributed by atoms with Gasteiger partial charge < -0.3 is 10.8 Å². The van der Waals surface area contributed by atoms with Crippen molar-refractivity contribution in [1.29, 1.82) is 5.26 Å². The van der Waals surface area contributed by atoms with Crippen LogP contribution >= 0.6 is 0 Å². The molecule has 0 aliphatic heterocycles. The lowest BCUT2D eigenvalue weighted by atomic mass is 9.77. The van der Waals surface area contributed by atoms with Crippen LogP contribution in [-0.4, -0.2) is 25.5 Å². The SMILES string of the molecule is C[C@]1(O)C[C@@H](n2nc(-c3ccc4cc(F)c(-c5ccccc5F)nc4c3F)c(C#N)c2N)C1. The lowest BCUT2D eigenvalue weighted by molar-refractivity contribution is -0.0535. The number of halogens is 3. The van der Waals surface area contributed by atoms with E-state index in [1.807, 2.05) is 6.07 Å². The van der Waals surface area contributed by atoms with Crippen molar-refractivity contribution < 1.29 is 18.3 Å². The second-order valence-corrected chi connectivity index (χ2v) is 8.52. The van der Waals surface area contributed by atoms with Crippen molar-refractivity contribution >= 4 is 16.7 Å². The van der Waals surface area contributed by atoms with Gasteiger partial charge in [0.2, 0.25) is 0 Å². The summed E-state index contributed by atoms with van der Waals surface area (Å²) in [7, 11) is 0. The monoisotopic (exact) mass is 449 g/mol. The molecule has 0 amide bonds. The Bertz CT molecular complexity index is 1460. The van der Waals surface area contributed by atoms with Gasteiger partial charge in [0.1, 0.15) is 46.0 Å². The van der Waals surface area contributed by atoms with Gasteiger partial charge in [-0.25, -0.2) is 22.8 Å². The predicted octanol–water partition coefficient (Wildman–Crippen LogP) is 4.72. The molecule has 1 saturated carbocycles. The summed E-state index contributed by atoms with van der Waals surface area (Å²) in [5.74, 6) is -2.23. The Hall–Kier alpha value is -3.90. The van der Waals surface area contributed by atoms with E-state index in [1.54, 1.807) is 6.92 Å². The van der Waals surface area contributed by atoms with E-state index in [0.29, 0.717) is 12.8 Å². The van der Waals surface area contributed by atoms with Gasteiger partial charge in [0.15, 0.2) is 5.82 Å². The summed E-state index contributed by atoms with van der Waals surface area (Å²) in [6.07, 6.45) is 0.798. The van der Waals surface area contributed by atoms with Gasteiger partial charge in [-0.05, 0) is 44.0 Å². The molecule has 0 unspecified atom stereocenters. The molecule has 4 aromatic rings. The van der Waals surface area contributed by atoms with E-state index in [-0.39, 0.29) is 50.8 Å². The molecular formula is C24H18F3N5O. The number of nitrogens with two attached hydrogens (primary N) is 1. The molecule has 2 aromatic carbocycles. The van der Waals surface area contributed by atoms with Gasteiger partial charge in [-0.2, -0.15) is 10.4 Å². The van der Waals surface area contributed by atoms with Gasteiger partial charge in [0.05, 0.1) is 11.6 Å². The number of nitrogen functional groups attached to an aromatic ring is 1. The van der Waals surface area contributed by atoms with Gasteiger partial charge in [0, 0.05) is 16.5 Å². The Morgan fingerprint density at radius 2 is 1.82 bits per heavy atom. The number of benzene rings is 2. The third kappa shape index (κ3) is 3.31. The maximum atomic E-state index is 15.6. The average molecular weight is 449 g/mol. The van der Waals surface area contributed by atoms with Gasteiger partial charge in [-0.1, -0.05) is 18.2 Å². The molecule has 1 aliphatic rings. The van der Waals surface area contributed by atoms with Crippen molar-refractivity contribution in [3.63, 3.8) is 0 Å². The minimum absolute atomic E-state index is 0.00349. The number of aromatic nitrogens is 3. The molecule has 2 heterocycles. The van der Waals surface area contributed by atoms with Gasteiger partial charge in [0.25, 0.3) is 0 Å². The number of nitrogens with zero attached hydrogens (tertiary/aromatic N) is 4. The van der Waals surface area contributed by atoms with Crippen LogP contribution in [0.4, 0.5) is 19.0 Å². The predicted molar refractivity (Wildman–Crippen MR) is 116 cm³/mol. The molecule has 0 radical (unpaired) electrons. The molecule has 9 heteroatoms. The van der Waals surface area contributed by atoms with Crippen LogP contribution in [0.15, 0.2) is 42.5 Å². The van der Waals surface area contributed by atoms with Crippen LogP contribution in [0.25, 0.3) is 33.4 Å². The van der Waals surface area contributed by atoms with Crippen LogP contribution < -0.4 is 5.73 Å². The van der Waals surface area contributed by atoms with Crippen molar-refractivity contribution in [2.75, 3.05) is 5.73 Å². The molecule has 0 atom stereocenters. The highest BCUT2D eigenvalue weighted by Gasteiger charge is 2.41. The highest BCUT2D eigenvalue weighted by molar-refractivity contribution is 5.88. The molecule has 1 aliphatic carbocycles. The normalized spacial score (nSPS) is 19.9. The zero-order valence-corrected chi connectivity index (χ0v) is 17.5. The third-order valence-corrected chi connectivity index (χ3v) is 6.02. The van der Waals surface area contributed by atoms with Crippen molar-refractivity contribution in [3.8, 4) is 28.6 Å². The summed E-state index contributed by atoms with van der Waals surface area (Å²) in [5, 5.41) is 24.2. The maximum Gasteiger partial charge on any atom is 0.158 e. The fourth-order valence-corrected chi connectivity index (χ4v) is 4.36. The van der Waals surface area contributed by atoms with E-state index in [4.69, 9.17) is 5.73 Å². The van der Waals surface area contributed by atoms with Gasteiger partial charge >= 0.3 is 0 Å². The smallest absolute Gasteiger partial charge is 0.158 e. The van der Waals surface area contributed by atoms with Crippen LogP contribution in [0.3, 0.4) is 0 Å². The van der Waals surface area contributed by atoms with E-state index >= 15 is 4.39 Å². The highest BCUT2D eigenvalue weighted by Crippen LogP contribution is 2.43. The largest absolute Gasteiger partial charge is 0.390 e. The molecule has 33 heavy (non-hydrogen) atoms. The fourth-order valence-electron chi connectivity index (χ4n) is 4.36. The maximum absolute atomic E-state index is 15.6. The van der Waals surface area contributed by atoms with Crippen LogP contribution in [-0.2, 0) is 0 Å². The lowest BCUT2D eigenvalue weighted by Crippen LogP contribution is -2.42. The van der Waals surface area contributed by atoms with Crippen LogP contribution in [0.2, 0.25) is 0 Å². The van der Waals surface area contributed by atoms with Crippen LogP contribution in [0, 0.1) is 28.8 Å². The molecule has 5 rings (SSSR count). The third-order valence-electron chi connectivity index (χ3n) is 6.02. The number of anilines is 1. The number of hydrogen-bond acceptors (Lipinski definition) is 5. The minimum atomic E-state index is -0.846. The number of aliphatic hydroxyl groups is 1.